The number of carbonyl (C=O) groups is 1. The van der Waals surface area contributed by atoms with Crippen molar-refractivity contribution in [3.63, 3.8) is 0 Å². The lowest BCUT2D eigenvalue weighted by molar-refractivity contribution is 0.194. The predicted molar refractivity (Wildman–Crippen MR) is 57.1 cm³/mol. The van der Waals surface area contributed by atoms with Crippen LogP contribution in [0.25, 0.3) is 0 Å². The molecule has 0 aliphatic rings. The van der Waals surface area contributed by atoms with Crippen LogP contribution in [0.15, 0.2) is 18.2 Å². The van der Waals surface area contributed by atoms with E-state index in [1.54, 1.807) is 19.2 Å². The standard InChI is InChI=1S/C10H14N2O3/c1-15-9-6-7(2-3-8(9)11)4-5-12-10(13)14/h2-3,6,12H,4-5,11H2,1H3,(H,13,14). The van der Waals surface area contributed by atoms with Crippen LogP contribution in [0, 0.1) is 0 Å². The average molecular weight is 210 g/mol. The first-order valence-electron chi connectivity index (χ1n) is 4.52. The Kier molecular flexibility index (Phi) is 3.79. The van der Waals surface area contributed by atoms with Crippen LogP contribution in [-0.2, 0) is 6.42 Å². The van der Waals surface area contributed by atoms with Gasteiger partial charge in [-0.3, -0.25) is 0 Å². The van der Waals surface area contributed by atoms with Crippen LogP contribution in [-0.4, -0.2) is 24.9 Å². The summed E-state index contributed by atoms with van der Waals surface area (Å²) < 4.78 is 5.05. The van der Waals surface area contributed by atoms with E-state index in [-0.39, 0.29) is 0 Å². The van der Waals surface area contributed by atoms with E-state index in [4.69, 9.17) is 15.6 Å². The van der Waals surface area contributed by atoms with E-state index in [0.29, 0.717) is 24.4 Å². The zero-order valence-corrected chi connectivity index (χ0v) is 8.49. The maximum atomic E-state index is 10.2. The molecule has 0 aliphatic heterocycles. The first-order chi connectivity index (χ1) is 7.13. The largest absolute Gasteiger partial charge is 0.495 e. The van der Waals surface area contributed by atoms with E-state index in [1.165, 1.54) is 0 Å². The second kappa shape index (κ2) is 5.09. The molecule has 0 radical (unpaired) electrons. The Hall–Kier alpha value is -1.91. The minimum atomic E-state index is -1.02. The fourth-order valence-corrected chi connectivity index (χ4v) is 1.22. The monoisotopic (exact) mass is 210 g/mol. The van der Waals surface area contributed by atoms with Crippen molar-refractivity contribution in [2.75, 3.05) is 19.4 Å². The summed E-state index contributed by atoms with van der Waals surface area (Å²) in [4.78, 5) is 10.2. The van der Waals surface area contributed by atoms with Crippen LogP contribution in [0.3, 0.4) is 0 Å². The lowest BCUT2D eigenvalue weighted by atomic mass is 10.1. The number of rotatable bonds is 4. The molecule has 0 saturated heterocycles. The minimum absolute atomic E-state index is 0.377. The second-order valence-electron chi connectivity index (χ2n) is 3.06. The smallest absolute Gasteiger partial charge is 0.404 e. The number of carboxylic acid groups (broad SMARTS) is 1. The molecule has 0 atom stereocenters. The van der Waals surface area contributed by atoms with Crippen molar-refractivity contribution in [3.8, 4) is 5.75 Å². The van der Waals surface area contributed by atoms with Crippen molar-refractivity contribution in [1.29, 1.82) is 0 Å². The highest BCUT2D eigenvalue weighted by molar-refractivity contribution is 5.64. The summed E-state index contributed by atoms with van der Waals surface area (Å²) in [5, 5.41) is 10.7. The van der Waals surface area contributed by atoms with Gasteiger partial charge in [-0.1, -0.05) is 6.07 Å². The number of hydrogen-bond donors (Lipinski definition) is 3. The van der Waals surface area contributed by atoms with Gasteiger partial charge in [0.15, 0.2) is 0 Å². The zero-order valence-electron chi connectivity index (χ0n) is 8.49. The SMILES string of the molecule is COc1cc(CCNC(=O)O)ccc1N. The van der Waals surface area contributed by atoms with Gasteiger partial charge in [0.1, 0.15) is 5.75 Å². The van der Waals surface area contributed by atoms with Gasteiger partial charge in [-0.15, -0.1) is 0 Å². The van der Waals surface area contributed by atoms with Crippen molar-refractivity contribution < 1.29 is 14.6 Å². The van der Waals surface area contributed by atoms with Crippen molar-refractivity contribution in [2.24, 2.45) is 0 Å². The van der Waals surface area contributed by atoms with Gasteiger partial charge in [-0.2, -0.15) is 0 Å². The molecule has 0 aromatic heterocycles. The molecule has 4 N–H and O–H groups in total. The predicted octanol–water partition coefficient (Wildman–Crippen LogP) is 1.09. The zero-order chi connectivity index (χ0) is 11.3. The molecule has 1 aromatic carbocycles. The summed E-state index contributed by atoms with van der Waals surface area (Å²) >= 11 is 0. The number of methoxy groups -OCH3 is 1. The Labute approximate surface area is 87.9 Å². The molecule has 5 heteroatoms. The lowest BCUT2D eigenvalue weighted by Gasteiger charge is -2.07. The Balaban J connectivity index is 2.58. The Morgan fingerprint density at radius 1 is 1.60 bits per heavy atom. The number of nitrogen functional groups attached to an aromatic ring is 1. The summed E-state index contributed by atoms with van der Waals surface area (Å²) in [7, 11) is 1.55. The molecule has 82 valence electrons. The highest BCUT2D eigenvalue weighted by Crippen LogP contribution is 2.22. The first kappa shape index (κ1) is 11.2. The highest BCUT2D eigenvalue weighted by atomic mass is 16.5. The van der Waals surface area contributed by atoms with Gasteiger partial charge in [0.05, 0.1) is 12.8 Å². The van der Waals surface area contributed by atoms with Crippen LogP contribution in [0.2, 0.25) is 0 Å². The number of amides is 1. The fourth-order valence-electron chi connectivity index (χ4n) is 1.22. The van der Waals surface area contributed by atoms with Crippen LogP contribution in [0.5, 0.6) is 5.75 Å². The molecule has 0 saturated carbocycles. The van der Waals surface area contributed by atoms with Crippen LogP contribution in [0.1, 0.15) is 5.56 Å². The highest BCUT2D eigenvalue weighted by Gasteiger charge is 2.01. The number of anilines is 1. The number of nitrogens with one attached hydrogen (secondary N) is 1. The molecule has 1 amide bonds. The number of hydrogen-bond acceptors (Lipinski definition) is 3. The van der Waals surface area contributed by atoms with E-state index in [0.717, 1.165) is 5.56 Å². The molecule has 0 fully saturated rings. The van der Waals surface area contributed by atoms with E-state index >= 15 is 0 Å². The van der Waals surface area contributed by atoms with E-state index in [1.807, 2.05) is 6.07 Å². The molecule has 1 aromatic rings. The molecule has 5 nitrogen and oxygen atoms in total. The molecular weight excluding hydrogens is 196 g/mol. The molecule has 0 aliphatic carbocycles. The van der Waals surface area contributed by atoms with Gasteiger partial charge in [0, 0.05) is 6.54 Å². The van der Waals surface area contributed by atoms with Crippen molar-refractivity contribution in [1.82, 2.24) is 5.32 Å². The third-order valence-corrected chi connectivity index (χ3v) is 1.99. The number of benzene rings is 1. The van der Waals surface area contributed by atoms with Gasteiger partial charge >= 0.3 is 6.09 Å². The third-order valence-electron chi connectivity index (χ3n) is 1.99. The van der Waals surface area contributed by atoms with Crippen molar-refractivity contribution in [3.05, 3.63) is 23.8 Å². The average Bonchev–Trinajstić information content (AvgIpc) is 2.20. The summed E-state index contributed by atoms with van der Waals surface area (Å²) in [6.07, 6.45) is -0.402. The van der Waals surface area contributed by atoms with E-state index < -0.39 is 6.09 Å². The fraction of sp³-hybridized carbons (Fsp3) is 0.300. The van der Waals surface area contributed by atoms with Gasteiger partial charge in [-0.05, 0) is 24.1 Å². The topological polar surface area (TPSA) is 84.6 Å². The molecule has 0 bridgehead atoms. The molecule has 0 heterocycles. The summed E-state index contributed by atoms with van der Waals surface area (Å²) in [6.45, 7) is 0.377. The Morgan fingerprint density at radius 2 is 2.33 bits per heavy atom. The molecular formula is C10H14N2O3. The Morgan fingerprint density at radius 3 is 2.93 bits per heavy atom. The Bertz CT molecular complexity index is 353. The molecule has 15 heavy (non-hydrogen) atoms. The quantitative estimate of drug-likeness (QED) is 0.649. The van der Waals surface area contributed by atoms with Gasteiger partial charge in [0.2, 0.25) is 0 Å². The van der Waals surface area contributed by atoms with Crippen LogP contribution < -0.4 is 15.8 Å². The van der Waals surface area contributed by atoms with Gasteiger partial charge in [-0.25, -0.2) is 4.79 Å². The summed E-state index contributed by atoms with van der Waals surface area (Å²) in [5.74, 6) is 0.614. The van der Waals surface area contributed by atoms with Gasteiger partial charge < -0.3 is 20.9 Å². The van der Waals surface area contributed by atoms with Gasteiger partial charge in [0.25, 0.3) is 0 Å². The van der Waals surface area contributed by atoms with Crippen molar-refractivity contribution in [2.45, 2.75) is 6.42 Å². The first-order valence-corrected chi connectivity index (χ1v) is 4.52. The van der Waals surface area contributed by atoms with Crippen LogP contribution in [0.4, 0.5) is 10.5 Å². The van der Waals surface area contributed by atoms with Crippen LogP contribution >= 0.6 is 0 Å². The molecule has 0 spiro atoms. The number of nitrogens with two attached hydrogens (primary N) is 1. The maximum absolute atomic E-state index is 10.2. The summed E-state index contributed by atoms with van der Waals surface area (Å²) in [6, 6.07) is 5.40. The second-order valence-corrected chi connectivity index (χ2v) is 3.06. The maximum Gasteiger partial charge on any atom is 0.404 e. The number of ether oxygens (including phenoxy) is 1. The van der Waals surface area contributed by atoms with Crippen molar-refractivity contribution >= 4 is 11.8 Å². The van der Waals surface area contributed by atoms with E-state index in [9.17, 15) is 4.79 Å². The van der Waals surface area contributed by atoms with E-state index in [2.05, 4.69) is 5.32 Å². The summed E-state index contributed by atoms with van der Waals surface area (Å²) in [5.41, 5.74) is 7.20. The minimum Gasteiger partial charge on any atom is -0.495 e. The normalized spacial score (nSPS) is 9.67. The molecule has 0 unspecified atom stereocenters. The third kappa shape index (κ3) is 3.38. The molecule has 1 rings (SSSR count). The lowest BCUT2D eigenvalue weighted by Crippen LogP contribution is -2.23.